The van der Waals surface area contributed by atoms with Crippen molar-refractivity contribution in [1.82, 2.24) is 5.32 Å². The Morgan fingerprint density at radius 1 is 1.21 bits per heavy atom. The number of rotatable bonds is 8. The third-order valence-electron chi connectivity index (χ3n) is 3.76. The minimum atomic E-state index is -3.11. The Morgan fingerprint density at radius 2 is 1.96 bits per heavy atom. The zero-order valence-electron chi connectivity index (χ0n) is 15.2. The number of anilines is 1. The Kier molecular flexibility index (Phi) is 7.74. The number of hydrogen-bond acceptors (Lipinski definition) is 4. The quantitative estimate of drug-likeness (QED) is 0.626. The molecule has 6 nitrogen and oxygen atoms in total. The van der Waals surface area contributed by atoms with Crippen LogP contribution in [0, 0.1) is 6.92 Å². The molecule has 0 aliphatic rings. The van der Waals surface area contributed by atoms with Crippen LogP contribution < -0.4 is 20.1 Å². The Hall–Kier alpha value is -2.68. The number of benzene rings is 2. The van der Waals surface area contributed by atoms with Gasteiger partial charge in [-0.2, -0.15) is 8.78 Å². The molecule has 0 spiro atoms. The molecule has 0 heterocycles. The van der Waals surface area contributed by atoms with Crippen LogP contribution in [0.5, 0.6) is 11.5 Å². The van der Waals surface area contributed by atoms with Crippen molar-refractivity contribution in [2.24, 2.45) is 0 Å². The summed E-state index contributed by atoms with van der Waals surface area (Å²) >= 11 is 3.34. The lowest BCUT2D eigenvalue weighted by atomic mass is 10.1. The van der Waals surface area contributed by atoms with Crippen LogP contribution >= 0.6 is 15.9 Å². The number of amides is 2. The lowest BCUT2D eigenvalue weighted by molar-refractivity contribution is -0.116. The second kappa shape index (κ2) is 10.0. The van der Waals surface area contributed by atoms with Crippen molar-refractivity contribution in [2.75, 3.05) is 19.0 Å². The fraction of sp³-hybridized carbons (Fsp3) is 0.263. The van der Waals surface area contributed by atoms with Crippen LogP contribution in [-0.2, 0) is 4.79 Å². The van der Waals surface area contributed by atoms with E-state index in [1.165, 1.54) is 25.3 Å². The van der Waals surface area contributed by atoms with E-state index in [1.807, 2.05) is 19.1 Å². The summed E-state index contributed by atoms with van der Waals surface area (Å²) in [5, 5.41) is 5.27. The van der Waals surface area contributed by atoms with Gasteiger partial charge in [-0.1, -0.05) is 28.1 Å². The third kappa shape index (κ3) is 5.91. The van der Waals surface area contributed by atoms with Crippen LogP contribution in [0.25, 0.3) is 0 Å². The zero-order valence-corrected chi connectivity index (χ0v) is 16.8. The maximum absolute atomic E-state index is 12.6. The van der Waals surface area contributed by atoms with Gasteiger partial charge in [-0.05, 0) is 36.8 Å². The van der Waals surface area contributed by atoms with Gasteiger partial charge in [0.1, 0.15) is 0 Å². The highest BCUT2D eigenvalue weighted by molar-refractivity contribution is 9.10. The predicted molar refractivity (Wildman–Crippen MR) is 104 cm³/mol. The van der Waals surface area contributed by atoms with Crippen LogP contribution in [0.3, 0.4) is 0 Å². The van der Waals surface area contributed by atoms with Crippen molar-refractivity contribution in [3.05, 3.63) is 52.0 Å². The molecular formula is C19H19BrF2N2O4. The number of halogens is 3. The second-order valence-corrected chi connectivity index (χ2v) is 6.64. The molecule has 0 aliphatic heterocycles. The topological polar surface area (TPSA) is 76.7 Å². The summed E-state index contributed by atoms with van der Waals surface area (Å²) in [6.07, 6.45) is 0.00665. The zero-order chi connectivity index (χ0) is 20.7. The third-order valence-corrected chi connectivity index (χ3v) is 4.25. The highest BCUT2D eigenvalue weighted by Gasteiger charge is 2.20. The van der Waals surface area contributed by atoms with E-state index in [4.69, 9.17) is 4.74 Å². The Bertz CT molecular complexity index is 862. The maximum Gasteiger partial charge on any atom is 0.387 e. The van der Waals surface area contributed by atoms with Crippen molar-refractivity contribution < 1.29 is 27.8 Å². The smallest absolute Gasteiger partial charge is 0.387 e. The van der Waals surface area contributed by atoms with Crippen LogP contribution in [0.1, 0.15) is 22.3 Å². The van der Waals surface area contributed by atoms with Crippen LogP contribution in [0.4, 0.5) is 14.5 Å². The average molecular weight is 457 g/mol. The summed E-state index contributed by atoms with van der Waals surface area (Å²) in [7, 11) is 1.28. The molecule has 2 rings (SSSR count). The molecule has 0 aliphatic carbocycles. The molecule has 150 valence electrons. The number of methoxy groups -OCH3 is 1. The Balaban J connectivity index is 1.97. The molecular weight excluding hydrogens is 438 g/mol. The van der Waals surface area contributed by atoms with E-state index in [9.17, 15) is 18.4 Å². The number of aryl methyl sites for hydroxylation is 1. The van der Waals surface area contributed by atoms with Gasteiger partial charge < -0.3 is 20.1 Å². The number of para-hydroxylation sites is 1. The van der Waals surface area contributed by atoms with Gasteiger partial charge in [0, 0.05) is 23.1 Å². The van der Waals surface area contributed by atoms with Gasteiger partial charge in [0.25, 0.3) is 5.91 Å². The first kappa shape index (κ1) is 21.6. The number of hydrogen-bond donors (Lipinski definition) is 2. The molecule has 0 saturated heterocycles. The summed E-state index contributed by atoms with van der Waals surface area (Å²) < 4.78 is 35.5. The number of ether oxygens (including phenoxy) is 2. The fourth-order valence-electron chi connectivity index (χ4n) is 2.39. The molecule has 0 fully saturated rings. The van der Waals surface area contributed by atoms with Crippen molar-refractivity contribution in [3.8, 4) is 11.5 Å². The second-order valence-electron chi connectivity index (χ2n) is 5.73. The van der Waals surface area contributed by atoms with E-state index in [0.29, 0.717) is 5.69 Å². The molecule has 28 heavy (non-hydrogen) atoms. The minimum absolute atomic E-state index is 0.00665. The first-order valence-corrected chi connectivity index (χ1v) is 9.07. The molecule has 0 bridgehead atoms. The highest BCUT2D eigenvalue weighted by Crippen LogP contribution is 2.32. The molecule has 2 aromatic carbocycles. The first-order valence-electron chi connectivity index (χ1n) is 8.28. The number of alkyl halides is 2. The van der Waals surface area contributed by atoms with Gasteiger partial charge in [-0.15, -0.1) is 0 Å². The van der Waals surface area contributed by atoms with Gasteiger partial charge in [0.2, 0.25) is 5.91 Å². The summed E-state index contributed by atoms with van der Waals surface area (Å²) in [5.74, 6) is -1.29. The standard InChI is InChI=1S/C19H19BrF2N2O4/c1-11-6-7-12(20)10-14(11)24-16(25)8-9-23-18(26)13-4-3-5-15(27-2)17(13)28-19(21)22/h3-7,10,19H,8-9H2,1-2H3,(H,23,26)(H,24,25). The van der Waals surface area contributed by atoms with Crippen LogP contribution in [0.15, 0.2) is 40.9 Å². The van der Waals surface area contributed by atoms with Gasteiger partial charge in [0.05, 0.1) is 12.7 Å². The van der Waals surface area contributed by atoms with Gasteiger partial charge in [-0.25, -0.2) is 0 Å². The Morgan fingerprint density at radius 3 is 2.64 bits per heavy atom. The molecule has 0 unspecified atom stereocenters. The van der Waals surface area contributed by atoms with E-state index in [0.717, 1.165) is 10.0 Å². The summed E-state index contributed by atoms with van der Waals surface area (Å²) in [6, 6.07) is 9.71. The van der Waals surface area contributed by atoms with Gasteiger partial charge in [0.15, 0.2) is 11.5 Å². The number of carbonyl (C=O) groups is 2. The summed E-state index contributed by atoms with van der Waals surface area (Å²) in [5.41, 5.74) is 1.44. The van der Waals surface area contributed by atoms with Crippen molar-refractivity contribution in [3.63, 3.8) is 0 Å². The lowest BCUT2D eigenvalue weighted by Gasteiger charge is -2.14. The lowest BCUT2D eigenvalue weighted by Crippen LogP contribution is -2.28. The van der Waals surface area contributed by atoms with Gasteiger partial charge in [-0.3, -0.25) is 9.59 Å². The van der Waals surface area contributed by atoms with Crippen LogP contribution in [0.2, 0.25) is 0 Å². The normalized spacial score (nSPS) is 10.5. The molecule has 0 radical (unpaired) electrons. The van der Waals surface area contributed by atoms with E-state index < -0.39 is 12.5 Å². The molecule has 0 atom stereocenters. The molecule has 0 aromatic heterocycles. The maximum atomic E-state index is 12.6. The minimum Gasteiger partial charge on any atom is -0.493 e. The van der Waals surface area contributed by atoms with E-state index in [1.54, 1.807) is 6.07 Å². The number of carbonyl (C=O) groups excluding carboxylic acids is 2. The summed E-state index contributed by atoms with van der Waals surface area (Å²) in [6.45, 7) is -1.23. The molecule has 2 N–H and O–H groups in total. The highest BCUT2D eigenvalue weighted by atomic mass is 79.9. The monoisotopic (exact) mass is 456 g/mol. The predicted octanol–water partition coefficient (Wildman–Crippen LogP) is 4.13. The van der Waals surface area contributed by atoms with Crippen molar-refractivity contribution >= 4 is 33.4 Å². The van der Waals surface area contributed by atoms with Crippen LogP contribution in [-0.4, -0.2) is 32.1 Å². The van der Waals surface area contributed by atoms with Crippen molar-refractivity contribution in [1.29, 1.82) is 0 Å². The molecule has 0 saturated carbocycles. The van der Waals surface area contributed by atoms with Gasteiger partial charge >= 0.3 is 6.61 Å². The first-order chi connectivity index (χ1) is 13.3. The molecule has 9 heteroatoms. The van der Waals surface area contributed by atoms with E-state index in [-0.39, 0.29) is 35.9 Å². The molecule has 2 amide bonds. The summed E-state index contributed by atoms with van der Waals surface area (Å²) in [4.78, 5) is 24.4. The fourth-order valence-corrected chi connectivity index (χ4v) is 2.75. The average Bonchev–Trinajstić information content (AvgIpc) is 2.64. The number of nitrogens with one attached hydrogen (secondary N) is 2. The van der Waals surface area contributed by atoms with Crippen molar-refractivity contribution in [2.45, 2.75) is 20.0 Å². The molecule has 2 aromatic rings. The Labute approximate surface area is 169 Å². The largest absolute Gasteiger partial charge is 0.493 e. The van der Waals surface area contributed by atoms with E-state index >= 15 is 0 Å². The SMILES string of the molecule is COc1cccc(C(=O)NCCC(=O)Nc2cc(Br)ccc2C)c1OC(F)F. The van der Waals surface area contributed by atoms with E-state index in [2.05, 4.69) is 31.3 Å².